The minimum absolute atomic E-state index is 0.0433. The monoisotopic (exact) mass is 374 g/mol. The Hall–Kier alpha value is -2.87. The zero-order valence-corrected chi connectivity index (χ0v) is 15.8. The molecule has 0 aromatic heterocycles. The molecule has 0 fully saturated rings. The summed E-state index contributed by atoms with van der Waals surface area (Å²) in [4.78, 5) is 12.6. The van der Waals surface area contributed by atoms with Crippen LogP contribution in [0.4, 0.5) is 22.7 Å². The van der Waals surface area contributed by atoms with Gasteiger partial charge in [0.25, 0.3) is 5.69 Å². The number of hydrogen-bond acceptors (Lipinski definition) is 5. The van der Waals surface area contributed by atoms with Gasteiger partial charge in [0.2, 0.25) is 0 Å². The molecule has 0 saturated carbocycles. The molecular formula is C18H22N4O3S. The van der Waals surface area contributed by atoms with Crippen LogP contribution in [0.25, 0.3) is 0 Å². The molecule has 2 aromatic carbocycles. The fraction of sp³-hybridized carbons (Fsp3) is 0.278. The molecule has 2 rings (SSSR count). The maximum Gasteiger partial charge on any atom is 0.273 e. The van der Waals surface area contributed by atoms with Crippen LogP contribution in [-0.4, -0.2) is 30.2 Å². The Bertz CT molecular complexity index is 777. The van der Waals surface area contributed by atoms with Crippen LogP contribution in [-0.2, 0) is 0 Å². The van der Waals surface area contributed by atoms with E-state index in [4.69, 9.17) is 17.0 Å². The van der Waals surface area contributed by atoms with Gasteiger partial charge < -0.3 is 20.3 Å². The summed E-state index contributed by atoms with van der Waals surface area (Å²) in [6, 6.07) is 12.3. The Morgan fingerprint density at radius 3 is 2.35 bits per heavy atom. The van der Waals surface area contributed by atoms with E-state index in [1.807, 2.05) is 24.3 Å². The molecule has 138 valence electrons. The first-order chi connectivity index (χ1) is 12.5. The average molecular weight is 374 g/mol. The quantitative estimate of drug-likeness (QED) is 0.426. The lowest BCUT2D eigenvalue weighted by atomic mass is 10.2. The Kier molecular flexibility index (Phi) is 6.74. The van der Waals surface area contributed by atoms with E-state index in [9.17, 15) is 10.1 Å². The highest BCUT2D eigenvalue weighted by atomic mass is 32.1. The molecule has 0 heterocycles. The number of benzene rings is 2. The summed E-state index contributed by atoms with van der Waals surface area (Å²) in [5, 5.41) is 17.3. The van der Waals surface area contributed by atoms with E-state index in [1.165, 1.54) is 19.2 Å². The Morgan fingerprint density at radius 2 is 1.81 bits per heavy atom. The molecule has 0 amide bonds. The Labute approximate surface area is 158 Å². The van der Waals surface area contributed by atoms with Gasteiger partial charge in [0.05, 0.1) is 23.8 Å². The molecule has 0 spiro atoms. The maximum atomic E-state index is 10.9. The summed E-state index contributed by atoms with van der Waals surface area (Å²) in [5.41, 5.74) is 2.50. The van der Waals surface area contributed by atoms with Crippen molar-refractivity contribution in [2.24, 2.45) is 0 Å². The molecule has 2 N–H and O–H groups in total. The molecular weight excluding hydrogens is 352 g/mol. The normalized spacial score (nSPS) is 10.1. The van der Waals surface area contributed by atoms with E-state index >= 15 is 0 Å². The number of methoxy groups -OCH3 is 1. The van der Waals surface area contributed by atoms with E-state index in [0.29, 0.717) is 16.5 Å². The van der Waals surface area contributed by atoms with Crippen LogP contribution >= 0.6 is 12.2 Å². The Balaban J connectivity index is 2.06. The second-order valence-electron chi connectivity index (χ2n) is 5.44. The van der Waals surface area contributed by atoms with Crippen LogP contribution in [0.1, 0.15) is 13.8 Å². The zero-order valence-electron chi connectivity index (χ0n) is 15.0. The Morgan fingerprint density at radius 1 is 1.15 bits per heavy atom. The van der Waals surface area contributed by atoms with Crippen molar-refractivity contribution < 1.29 is 9.66 Å². The summed E-state index contributed by atoms with van der Waals surface area (Å²) in [5.74, 6) is 0.347. The number of thiocarbonyl (C=S) groups is 1. The molecule has 8 heteroatoms. The zero-order chi connectivity index (χ0) is 19.1. The fourth-order valence-corrected chi connectivity index (χ4v) is 2.75. The topological polar surface area (TPSA) is 79.7 Å². The van der Waals surface area contributed by atoms with Crippen LogP contribution in [0.2, 0.25) is 0 Å². The van der Waals surface area contributed by atoms with Gasteiger partial charge >= 0.3 is 0 Å². The van der Waals surface area contributed by atoms with Gasteiger partial charge in [-0.3, -0.25) is 10.1 Å². The standard InChI is InChI=1S/C18H22N4O3S/c1-4-21(5-2)14-8-6-13(7-9-14)19-18(26)20-16-11-10-15(22(23)24)12-17(16)25-3/h6-12H,4-5H2,1-3H3,(H2,19,20,26). The van der Waals surface area contributed by atoms with Crippen molar-refractivity contribution in [1.29, 1.82) is 0 Å². The van der Waals surface area contributed by atoms with Crippen molar-refractivity contribution in [3.05, 3.63) is 52.6 Å². The van der Waals surface area contributed by atoms with E-state index in [0.717, 1.165) is 24.5 Å². The van der Waals surface area contributed by atoms with Gasteiger partial charge in [-0.25, -0.2) is 0 Å². The van der Waals surface area contributed by atoms with Gasteiger partial charge in [0, 0.05) is 30.5 Å². The van der Waals surface area contributed by atoms with Crippen molar-refractivity contribution in [2.45, 2.75) is 13.8 Å². The van der Waals surface area contributed by atoms with Crippen LogP contribution < -0.4 is 20.3 Å². The van der Waals surface area contributed by atoms with Gasteiger partial charge in [0.15, 0.2) is 5.11 Å². The number of ether oxygens (including phenoxy) is 1. The third-order valence-electron chi connectivity index (χ3n) is 3.90. The van der Waals surface area contributed by atoms with Gasteiger partial charge in [-0.05, 0) is 56.4 Å². The lowest BCUT2D eigenvalue weighted by Crippen LogP contribution is -2.22. The maximum absolute atomic E-state index is 10.9. The molecule has 0 aliphatic heterocycles. The first kappa shape index (κ1) is 19.5. The van der Waals surface area contributed by atoms with Gasteiger partial charge in [-0.2, -0.15) is 0 Å². The van der Waals surface area contributed by atoms with Crippen LogP contribution in [0.15, 0.2) is 42.5 Å². The predicted octanol–water partition coefficient (Wildman–Crippen LogP) is 4.26. The highest BCUT2D eigenvalue weighted by Gasteiger charge is 2.12. The average Bonchev–Trinajstić information content (AvgIpc) is 2.64. The number of nitro benzene ring substituents is 1. The number of hydrogen-bond donors (Lipinski definition) is 2. The highest BCUT2D eigenvalue weighted by molar-refractivity contribution is 7.80. The SMILES string of the molecule is CCN(CC)c1ccc(NC(=S)Nc2ccc([N+](=O)[O-])cc2OC)cc1. The van der Waals surface area contributed by atoms with E-state index in [-0.39, 0.29) is 5.69 Å². The second kappa shape index (κ2) is 9.00. The molecule has 0 aliphatic rings. The molecule has 2 aromatic rings. The lowest BCUT2D eigenvalue weighted by molar-refractivity contribution is -0.384. The number of rotatable bonds is 7. The number of nitrogens with zero attached hydrogens (tertiary/aromatic N) is 2. The first-order valence-electron chi connectivity index (χ1n) is 8.23. The van der Waals surface area contributed by atoms with Crippen LogP contribution in [0.3, 0.4) is 0 Å². The van der Waals surface area contributed by atoms with Crippen LogP contribution in [0.5, 0.6) is 5.75 Å². The van der Waals surface area contributed by atoms with E-state index < -0.39 is 4.92 Å². The fourth-order valence-electron chi connectivity index (χ4n) is 2.53. The predicted molar refractivity (Wildman–Crippen MR) is 109 cm³/mol. The molecule has 0 unspecified atom stereocenters. The third-order valence-corrected chi connectivity index (χ3v) is 4.10. The number of non-ortho nitro benzene ring substituents is 1. The van der Waals surface area contributed by atoms with Crippen molar-refractivity contribution in [1.82, 2.24) is 0 Å². The van der Waals surface area contributed by atoms with Gasteiger partial charge in [-0.15, -0.1) is 0 Å². The highest BCUT2D eigenvalue weighted by Crippen LogP contribution is 2.29. The molecule has 0 aliphatic carbocycles. The molecule has 7 nitrogen and oxygen atoms in total. The summed E-state index contributed by atoms with van der Waals surface area (Å²) in [6.45, 7) is 6.13. The largest absolute Gasteiger partial charge is 0.494 e. The summed E-state index contributed by atoms with van der Waals surface area (Å²) in [7, 11) is 1.45. The van der Waals surface area contributed by atoms with Crippen molar-refractivity contribution in [3.8, 4) is 5.75 Å². The minimum Gasteiger partial charge on any atom is -0.494 e. The first-order valence-corrected chi connectivity index (χ1v) is 8.64. The molecule has 0 atom stereocenters. The summed E-state index contributed by atoms with van der Waals surface area (Å²) < 4.78 is 5.19. The van der Waals surface area contributed by atoms with E-state index in [1.54, 1.807) is 6.07 Å². The van der Waals surface area contributed by atoms with Gasteiger partial charge in [-0.1, -0.05) is 0 Å². The smallest absolute Gasteiger partial charge is 0.273 e. The minimum atomic E-state index is -0.472. The molecule has 26 heavy (non-hydrogen) atoms. The number of nitro groups is 1. The molecule has 0 bridgehead atoms. The lowest BCUT2D eigenvalue weighted by Gasteiger charge is -2.21. The van der Waals surface area contributed by atoms with Crippen LogP contribution in [0, 0.1) is 10.1 Å². The third kappa shape index (κ3) is 4.82. The number of anilines is 3. The second-order valence-corrected chi connectivity index (χ2v) is 5.85. The summed E-state index contributed by atoms with van der Waals surface area (Å²) in [6.07, 6.45) is 0. The van der Waals surface area contributed by atoms with Crippen molar-refractivity contribution in [3.63, 3.8) is 0 Å². The van der Waals surface area contributed by atoms with Gasteiger partial charge in [0.1, 0.15) is 5.75 Å². The van der Waals surface area contributed by atoms with E-state index in [2.05, 4.69) is 29.4 Å². The molecule has 0 radical (unpaired) electrons. The molecule has 0 saturated heterocycles. The summed E-state index contributed by atoms with van der Waals surface area (Å²) >= 11 is 5.32. The number of nitrogens with one attached hydrogen (secondary N) is 2. The van der Waals surface area contributed by atoms with Crippen molar-refractivity contribution >= 4 is 40.1 Å². The van der Waals surface area contributed by atoms with Crippen molar-refractivity contribution in [2.75, 3.05) is 35.7 Å².